The molecule has 1 aliphatic carbocycles. The van der Waals surface area contributed by atoms with E-state index >= 15 is 0 Å². The third-order valence-electron chi connectivity index (χ3n) is 3.35. The second-order valence-electron chi connectivity index (χ2n) is 4.48. The smallest absolute Gasteiger partial charge is 0.342 e. The predicted molar refractivity (Wildman–Crippen MR) is 66.9 cm³/mol. The summed E-state index contributed by atoms with van der Waals surface area (Å²) in [5, 5.41) is 24.6. The minimum atomic E-state index is -1.47. The van der Waals surface area contributed by atoms with Crippen molar-refractivity contribution < 1.29 is 19.7 Å². The van der Waals surface area contributed by atoms with Crippen molar-refractivity contribution in [2.75, 3.05) is 13.5 Å². The highest BCUT2D eigenvalue weighted by Gasteiger charge is 2.53. The third kappa shape index (κ3) is 1.72. The minimum Gasteiger partial charge on any atom is -0.479 e. The first-order valence-electron chi connectivity index (χ1n) is 5.68. The summed E-state index contributed by atoms with van der Waals surface area (Å²) in [5.41, 5.74) is 0.323. The lowest BCUT2D eigenvalue weighted by molar-refractivity contribution is -0.166. The van der Waals surface area contributed by atoms with Crippen LogP contribution >= 0.6 is 11.6 Å². The van der Waals surface area contributed by atoms with E-state index in [1.165, 1.54) is 5.01 Å². The molecule has 0 radical (unpaired) electrons. The zero-order chi connectivity index (χ0) is 13.6. The zero-order valence-corrected chi connectivity index (χ0v) is 10.6. The molecule has 7 heteroatoms. The van der Waals surface area contributed by atoms with Crippen LogP contribution in [0.3, 0.4) is 0 Å². The highest BCUT2D eigenvalue weighted by molar-refractivity contribution is 6.31. The van der Waals surface area contributed by atoms with Gasteiger partial charge in [-0.1, -0.05) is 17.7 Å². The topological polar surface area (TPSA) is 82.4 Å². The summed E-state index contributed by atoms with van der Waals surface area (Å²) < 4.78 is 5.47. The molecule has 100 valence electrons. The summed E-state index contributed by atoms with van der Waals surface area (Å²) >= 11 is 5.92. The van der Waals surface area contributed by atoms with Crippen LogP contribution in [0.1, 0.15) is 11.1 Å². The Morgan fingerprint density at radius 1 is 1.58 bits per heavy atom. The molecule has 6 nitrogen and oxygen atoms in total. The van der Waals surface area contributed by atoms with Crippen LogP contribution in [0.4, 0.5) is 0 Å². The number of carboxylic acids is 1. The molecule has 2 N–H and O–H groups in total. The average molecular weight is 283 g/mol. The summed E-state index contributed by atoms with van der Waals surface area (Å²) in [6.07, 6.45) is 0.191. The maximum absolute atomic E-state index is 11.6. The number of hydrazone groups is 1. The van der Waals surface area contributed by atoms with Crippen molar-refractivity contribution in [3.05, 3.63) is 34.3 Å². The van der Waals surface area contributed by atoms with Gasteiger partial charge in [-0.3, -0.25) is 0 Å². The Hall–Kier alpha value is -1.63. The number of rotatable bonds is 2. The average Bonchev–Trinajstić information content (AvgIpc) is 2.72. The third-order valence-corrected chi connectivity index (χ3v) is 3.59. The number of aliphatic hydroxyl groups excluding tert-OH is 1. The van der Waals surface area contributed by atoms with E-state index in [0.717, 1.165) is 5.56 Å². The molecule has 0 saturated carbocycles. The van der Waals surface area contributed by atoms with Crippen LogP contribution in [0.25, 0.3) is 0 Å². The lowest BCUT2D eigenvalue weighted by atomic mass is 9.98. The standard InChI is InChI=1S/C12H11ClN2O4/c13-8-1-2-9-7(3-8)4-12(11(17)18)10(9)14-15(5-16)6-19-12/h1-3,16H,4-6H2,(H,17,18). The van der Waals surface area contributed by atoms with Crippen molar-refractivity contribution in [1.29, 1.82) is 0 Å². The monoisotopic (exact) mass is 282 g/mol. The van der Waals surface area contributed by atoms with Gasteiger partial charge in [-0.2, -0.15) is 5.10 Å². The molecule has 1 unspecified atom stereocenters. The van der Waals surface area contributed by atoms with Crippen LogP contribution < -0.4 is 0 Å². The summed E-state index contributed by atoms with van der Waals surface area (Å²) in [5.74, 6) is -1.09. The second-order valence-corrected chi connectivity index (χ2v) is 4.92. The number of halogens is 1. The molecule has 1 aliphatic heterocycles. The number of fused-ring (bicyclic) bond motifs is 3. The van der Waals surface area contributed by atoms with Gasteiger partial charge in [0.25, 0.3) is 0 Å². The Morgan fingerprint density at radius 2 is 2.37 bits per heavy atom. The number of aliphatic hydroxyl groups is 1. The molecule has 0 amide bonds. The van der Waals surface area contributed by atoms with Gasteiger partial charge in [-0.15, -0.1) is 0 Å². The molecule has 0 bridgehead atoms. The Morgan fingerprint density at radius 3 is 3.05 bits per heavy atom. The predicted octanol–water partition coefficient (Wildman–Crippen LogP) is 0.663. The summed E-state index contributed by atoms with van der Waals surface area (Å²) in [6, 6.07) is 5.12. The molecule has 1 aromatic rings. The fourth-order valence-electron chi connectivity index (χ4n) is 2.43. The second kappa shape index (κ2) is 4.19. The van der Waals surface area contributed by atoms with E-state index in [2.05, 4.69) is 5.10 Å². The molecular formula is C12H11ClN2O4. The quantitative estimate of drug-likeness (QED) is 0.833. The molecule has 1 heterocycles. The van der Waals surface area contributed by atoms with Crippen LogP contribution in [-0.2, 0) is 16.0 Å². The van der Waals surface area contributed by atoms with E-state index in [1.807, 2.05) is 0 Å². The maximum Gasteiger partial charge on any atom is 0.342 e. The van der Waals surface area contributed by atoms with Gasteiger partial charge in [0.2, 0.25) is 5.60 Å². The van der Waals surface area contributed by atoms with Crippen LogP contribution in [0, 0.1) is 0 Å². The minimum absolute atomic E-state index is 0.0615. The molecule has 1 atom stereocenters. The Bertz CT molecular complexity index is 589. The van der Waals surface area contributed by atoms with E-state index in [4.69, 9.17) is 21.4 Å². The van der Waals surface area contributed by atoms with E-state index in [9.17, 15) is 9.90 Å². The van der Waals surface area contributed by atoms with Crippen molar-refractivity contribution in [1.82, 2.24) is 5.01 Å². The van der Waals surface area contributed by atoms with E-state index < -0.39 is 11.6 Å². The first-order chi connectivity index (χ1) is 9.06. The van der Waals surface area contributed by atoms with Gasteiger partial charge < -0.3 is 14.9 Å². The van der Waals surface area contributed by atoms with Crippen molar-refractivity contribution in [3.63, 3.8) is 0 Å². The van der Waals surface area contributed by atoms with E-state index in [0.29, 0.717) is 16.3 Å². The number of carbonyl (C=O) groups is 1. The van der Waals surface area contributed by atoms with E-state index in [1.54, 1.807) is 18.2 Å². The van der Waals surface area contributed by atoms with Gasteiger partial charge in [0.05, 0.1) is 0 Å². The molecule has 0 fully saturated rings. The van der Waals surface area contributed by atoms with Crippen molar-refractivity contribution >= 4 is 23.3 Å². The maximum atomic E-state index is 11.6. The molecule has 3 rings (SSSR count). The van der Waals surface area contributed by atoms with Gasteiger partial charge in [0.15, 0.2) is 0 Å². The Kier molecular flexibility index (Phi) is 2.74. The number of benzene rings is 1. The highest BCUT2D eigenvalue weighted by atomic mass is 35.5. The van der Waals surface area contributed by atoms with Crippen LogP contribution in [0.15, 0.2) is 23.3 Å². The fourth-order valence-corrected chi connectivity index (χ4v) is 2.62. The largest absolute Gasteiger partial charge is 0.479 e. The van der Waals surface area contributed by atoms with Crippen molar-refractivity contribution in [3.8, 4) is 0 Å². The van der Waals surface area contributed by atoms with Gasteiger partial charge in [0.1, 0.15) is 19.2 Å². The number of aliphatic carboxylic acids is 1. The number of carboxylic acid groups (broad SMARTS) is 1. The molecule has 2 aliphatic rings. The zero-order valence-electron chi connectivity index (χ0n) is 9.84. The molecular weight excluding hydrogens is 272 g/mol. The SMILES string of the molecule is O=C(O)C12Cc3cc(Cl)ccc3C1=NN(CO)CO2. The van der Waals surface area contributed by atoms with Gasteiger partial charge in [-0.25, -0.2) is 9.80 Å². The number of hydrogen-bond donors (Lipinski definition) is 2. The summed E-state index contributed by atoms with van der Waals surface area (Å²) in [7, 11) is 0. The van der Waals surface area contributed by atoms with Crippen molar-refractivity contribution in [2.45, 2.75) is 12.0 Å². The van der Waals surface area contributed by atoms with Crippen molar-refractivity contribution in [2.24, 2.45) is 5.10 Å². The fraction of sp³-hybridized carbons (Fsp3) is 0.333. The lowest BCUT2D eigenvalue weighted by Gasteiger charge is -2.33. The normalized spacial score (nSPS) is 24.7. The molecule has 19 heavy (non-hydrogen) atoms. The van der Waals surface area contributed by atoms with Crippen LogP contribution in [-0.4, -0.2) is 46.0 Å². The molecule has 0 spiro atoms. The molecule has 1 aromatic carbocycles. The van der Waals surface area contributed by atoms with Crippen LogP contribution in [0.5, 0.6) is 0 Å². The van der Waals surface area contributed by atoms with Gasteiger partial charge in [0, 0.05) is 17.0 Å². The number of ether oxygens (including phenoxy) is 1. The summed E-state index contributed by atoms with van der Waals surface area (Å²) in [6.45, 7) is -0.393. The first-order valence-corrected chi connectivity index (χ1v) is 6.05. The van der Waals surface area contributed by atoms with Gasteiger partial charge in [-0.05, 0) is 17.7 Å². The van der Waals surface area contributed by atoms with E-state index in [-0.39, 0.29) is 19.9 Å². The Labute approximate surface area is 113 Å². The number of nitrogens with zero attached hydrogens (tertiary/aromatic N) is 2. The number of hydrogen-bond acceptors (Lipinski definition) is 5. The van der Waals surface area contributed by atoms with Crippen LogP contribution in [0.2, 0.25) is 5.02 Å². The first kappa shape index (κ1) is 12.4. The van der Waals surface area contributed by atoms with Gasteiger partial charge >= 0.3 is 5.97 Å². The molecule has 0 aromatic heterocycles. The Balaban J connectivity index is 2.17. The molecule has 0 saturated heterocycles. The lowest BCUT2D eigenvalue weighted by Crippen LogP contribution is -2.53. The summed E-state index contributed by atoms with van der Waals surface area (Å²) in [4.78, 5) is 11.6. The highest BCUT2D eigenvalue weighted by Crippen LogP contribution is 2.37.